The third-order valence-corrected chi connectivity index (χ3v) is 3.66. The highest BCUT2D eigenvalue weighted by Crippen LogP contribution is 2.26. The molecule has 2 N–H and O–H groups in total. The van der Waals surface area contributed by atoms with E-state index in [4.69, 9.17) is 9.52 Å². The zero-order valence-electron chi connectivity index (χ0n) is 11.3. The zero-order chi connectivity index (χ0) is 13.9. The number of benzene rings is 1. The Hall–Kier alpha value is -1.79. The van der Waals surface area contributed by atoms with Crippen LogP contribution in [-0.2, 0) is 6.54 Å². The summed E-state index contributed by atoms with van der Waals surface area (Å²) in [7, 11) is 0. The number of nitrogens with zero attached hydrogens (tertiary/aromatic N) is 2. The molecule has 1 fully saturated rings. The number of rotatable bonds is 4. The zero-order valence-corrected chi connectivity index (χ0v) is 11.3. The van der Waals surface area contributed by atoms with Crippen LogP contribution in [0.4, 0.5) is 5.69 Å². The molecule has 0 spiro atoms. The Labute approximate surface area is 116 Å². The number of hydrogen-bond donors (Lipinski definition) is 2. The number of anilines is 1. The van der Waals surface area contributed by atoms with Gasteiger partial charge in [-0.3, -0.25) is 4.57 Å². The minimum atomic E-state index is -0.351. The van der Waals surface area contributed by atoms with Gasteiger partial charge in [0.15, 0.2) is 5.58 Å². The number of fused-ring (bicyclic) bond motifs is 1. The smallest absolute Gasteiger partial charge is 0.408 e. The molecular formula is C14H19N3O3. The second-order valence-electron chi connectivity index (χ2n) is 4.96. The maximum absolute atomic E-state index is 12.0. The van der Waals surface area contributed by atoms with Crippen LogP contribution in [0.5, 0.6) is 0 Å². The van der Waals surface area contributed by atoms with E-state index in [0.717, 1.165) is 37.4 Å². The van der Waals surface area contributed by atoms with Crippen molar-refractivity contribution in [2.75, 3.05) is 37.7 Å². The normalized spacial score (nSPS) is 15.9. The Kier molecular flexibility index (Phi) is 3.75. The summed E-state index contributed by atoms with van der Waals surface area (Å²) in [5.74, 6) is -0.351. The highest BCUT2D eigenvalue weighted by Gasteiger charge is 2.18. The molecule has 0 saturated carbocycles. The number of oxazole rings is 1. The van der Waals surface area contributed by atoms with Gasteiger partial charge in [0, 0.05) is 39.3 Å². The third kappa shape index (κ3) is 2.32. The Balaban J connectivity index is 2.08. The Morgan fingerprint density at radius 1 is 1.30 bits per heavy atom. The van der Waals surface area contributed by atoms with E-state index < -0.39 is 0 Å². The Morgan fingerprint density at radius 3 is 2.85 bits per heavy atom. The second kappa shape index (κ2) is 5.68. The monoisotopic (exact) mass is 277 g/mol. The van der Waals surface area contributed by atoms with Crippen LogP contribution in [0.15, 0.2) is 27.4 Å². The molecule has 20 heavy (non-hydrogen) atoms. The molecule has 6 heteroatoms. The summed E-state index contributed by atoms with van der Waals surface area (Å²) in [6.07, 6.45) is 0.546. The number of aromatic nitrogens is 1. The van der Waals surface area contributed by atoms with Gasteiger partial charge in [0.05, 0.1) is 5.69 Å². The quantitative estimate of drug-likeness (QED) is 0.846. The van der Waals surface area contributed by atoms with Crippen LogP contribution in [0.1, 0.15) is 6.42 Å². The van der Waals surface area contributed by atoms with Crippen molar-refractivity contribution in [3.8, 4) is 0 Å². The molecule has 6 nitrogen and oxygen atoms in total. The van der Waals surface area contributed by atoms with E-state index in [-0.39, 0.29) is 12.4 Å². The van der Waals surface area contributed by atoms with Gasteiger partial charge in [-0.05, 0) is 18.6 Å². The van der Waals surface area contributed by atoms with Gasteiger partial charge in [-0.2, -0.15) is 0 Å². The standard InChI is InChI=1S/C14H19N3O3/c18-10-2-7-17-13-11(16-8-5-15-6-9-16)3-1-4-12(13)20-14(17)19/h1,3-4,15,18H,2,5-10H2. The predicted octanol–water partition coefficient (Wildman–Crippen LogP) is 0.386. The lowest BCUT2D eigenvalue weighted by Crippen LogP contribution is -2.43. The fourth-order valence-corrected chi connectivity index (χ4v) is 2.70. The molecule has 1 saturated heterocycles. The van der Waals surface area contributed by atoms with Gasteiger partial charge in [0.1, 0.15) is 5.52 Å². The van der Waals surface area contributed by atoms with Crippen molar-refractivity contribution in [1.29, 1.82) is 0 Å². The van der Waals surface area contributed by atoms with Crippen molar-refractivity contribution in [2.45, 2.75) is 13.0 Å². The van der Waals surface area contributed by atoms with Crippen LogP contribution in [0, 0.1) is 0 Å². The summed E-state index contributed by atoms with van der Waals surface area (Å²) >= 11 is 0. The van der Waals surface area contributed by atoms with Crippen molar-refractivity contribution < 1.29 is 9.52 Å². The first-order valence-corrected chi connectivity index (χ1v) is 7.00. The third-order valence-electron chi connectivity index (χ3n) is 3.66. The van der Waals surface area contributed by atoms with Gasteiger partial charge in [-0.25, -0.2) is 4.79 Å². The molecule has 1 aliphatic heterocycles. The molecule has 1 aromatic carbocycles. The number of piperazine rings is 1. The van der Waals surface area contributed by atoms with Gasteiger partial charge >= 0.3 is 5.76 Å². The van der Waals surface area contributed by atoms with Gasteiger partial charge < -0.3 is 19.7 Å². The van der Waals surface area contributed by atoms with Crippen LogP contribution < -0.4 is 16.0 Å². The average Bonchev–Trinajstić information content (AvgIpc) is 2.81. The summed E-state index contributed by atoms with van der Waals surface area (Å²) in [5, 5.41) is 12.3. The van der Waals surface area contributed by atoms with Crippen LogP contribution in [-0.4, -0.2) is 42.5 Å². The van der Waals surface area contributed by atoms with E-state index in [1.54, 1.807) is 4.57 Å². The van der Waals surface area contributed by atoms with E-state index in [0.29, 0.717) is 18.5 Å². The maximum Gasteiger partial charge on any atom is 0.420 e. The van der Waals surface area contributed by atoms with Gasteiger partial charge in [0.25, 0.3) is 0 Å². The first-order valence-electron chi connectivity index (χ1n) is 7.00. The maximum atomic E-state index is 12.0. The average molecular weight is 277 g/mol. The number of para-hydroxylation sites is 1. The van der Waals surface area contributed by atoms with Gasteiger partial charge in [0.2, 0.25) is 0 Å². The number of nitrogens with one attached hydrogen (secondary N) is 1. The minimum Gasteiger partial charge on any atom is -0.408 e. The number of aryl methyl sites for hydroxylation is 1. The van der Waals surface area contributed by atoms with Crippen molar-refractivity contribution in [3.63, 3.8) is 0 Å². The summed E-state index contributed by atoms with van der Waals surface area (Å²) in [4.78, 5) is 14.2. The number of hydrogen-bond acceptors (Lipinski definition) is 5. The molecule has 1 aliphatic rings. The highest BCUT2D eigenvalue weighted by atomic mass is 16.4. The predicted molar refractivity (Wildman–Crippen MR) is 77.3 cm³/mol. The molecule has 1 aromatic heterocycles. The van der Waals surface area contributed by atoms with Crippen molar-refractivity contribution in [3.05, 3.63) is 28.7 Å². The first-order chi connectivity index (χ1) is 9.81. The fraction of sp³-hybridized carbons (Fsp3) is 0.500. The molecule has 0 atom stereocenters. The topological polar surface area (TPSA) is 70.6 Å². The molecule has 0 aliphatic carbocycles. The van der Waals surface area contributed by atoms with Crippen molar-refractivity contribution in [1.82, 2.24) is 9.88 Å². The molecule has 0 bridgehead atoms. The summed E-state index contributed by atoms with van der Waals surface area (Å²) < 4.78 is 6.94. The highest BCUT2D eigenvalue weighted by molar-refractivity contribution is 5.87. The molecule has 2 aromatic rings. The van der Waals surface area contributed by atoms with Gasteiger partial charge in [-0.1, -0.05) is 6.07 Å². The molecule has 0 amide bonds. The van der Waals surface area contributed by atoms with Crippen molar-refractivity contribution in [2.24, 2.45) is 0 Å². The minimum absolute atomic E-state index is 0.0644. The van der Waals surface area contributed by atoms with Crippen LogP contribution in [0.25, 0.3) is 11.1 Å². The molecule has 3 rings (SSSR count). The summed E-state index contributed by atoms with van der Waals surface area (Å²) in [5.41, 5.74) is 2.49. The van der Waals surface area contributed by atoms with Crippen LogP contribution >= 0.6 is 0 Å². The van der Waals surface area contributed by atoms with E-state index in [2.05, 4.69) is 10.2 Å². The van der Waals surface area contributed by atoms with Crippen LogP contribution in [0.2, 0.25) is 0 Å². The summed E-state index contributed by atoms with van der Waals surface area (Å²) in [6.45, 7) is 4.25. The Bertz CT molecular complexity index is 641. The van der Waals surface area contributed by atoms with E-state index in [9.17, 15) is 4.79 Å². The van der Waals surface area contributed by atoms with E-state index >= 15 is 0 Å². The second-order valence-corrected chi connectivity index (χ2v) is 4.96. The van der Waals surface area contributed by atoms with E-state index in [1.165, 1.54) is 0 Å². The molecular weight excluding hydrogens is 258 g/mol. The number of aliphatic hydroxyl groups excluding tert-OH is 1. The molecule has 2 heterocycles. The lowest BCUT2D eigenvalue weighted by atomic mass is 10.2. The number of aliphatic hydroxyl groups is 1. The van der Waals surface area contributed by atoms with Crippen LogP contribution in [0.3, 0.4) is 0 Å². The SMILES string of the molecule is O=c1oc2cccc(N3CCNCC3)c2n1CCCO. The van der Waals surface area contributed by atoms with Gasteiger partial charge in [-0.15, -0.1) is 0 Å². The van der Waals surface area contributed by atoms with Crippen molar-refractivity contribution >= 4 is 16.8 Å². The lowest BCUT2D eigenvalue weighted by Gasteiger charge is -2.30. The lowest BCUT2D eigenvalue weighted by molar-refractivity contribution is 0.278. The largest absolute Gasteiger partial charge is 0.420 e. The molecule has 0 radical (unpaired) electrons. The van der Waals surface area contributed by atoms with E-state index in [1.807, 2.05) is 18.2 Å². The Morgan fingerprint density at radius 2 is 2.10 bits per heavy atom. The molecule has 108 valence electrons. The first kappa shape index (κ1) is 13.2. The summed E-state index contributed by atoms with van der Waals surface area (Å²) in [6, 6.07) is 5.76. The fourth-order valence-electron chi connectivity index (χ4n) is 2.70. The molecule has 0 unspecified atom stereocenters.